The van der Waals surface area contributed by atoms with Crippen molar-refractivity contribution in [1.82, 2.24) is 14.8 Å². The van der Waals surface area contributed by atoms with E-state index in [0.717, 1.165) is 11.9 Å². The van der Waals surface area contributed by atoms with Crippen molar-refractivity contribution in [2.75, 3.05) is 5.32 Å². The number of nitrogens with one attached hydrogen (secondary N) is 1. The molecular formula is C14H17FN4O. The molecule has 0 unspecified atom stereocenters. The lowest BCUT2D eigenvalue weighted by Gasteiger charge is -2.09. The highest BCUT2D eigenvalue weighted by molar-refractivity contribution is 6.04. The lowest BCUT2D eigenvalue weighted by molar-refractivity contribution is 0.102. The Hall–Kier alpha value is -2.24. The van der Waals surface area contributed by atoms with Gasteiger partial charge in [0.15, 0.2) is 5.82 Å². The van der Waals surface area contributed by atoms with Crippen molar-refractivity contribution in [1.29, 1.82) is 0 Å². The lowest BCUT2D eigenvalue weighted by atomic mass is 10.2. The third-order valence-electron chi connectivity index (χ3n) is 3.07. The number of aryl methyl sites for hydroxylation is 1. The van der Waals surface area contributed by atoms with Crippen LogP contribution >= 0.6 is 0 Å². The molecule has 2 aromatic heterocycles. The molecule has 0 bridgehead atoms. The van der Waals surface area contributed by atoms with Crippen molar-refractivity contribution in [3.8, 4) is 0 Å². The molecule has 0 radical (unpaired) electrons. The Kier molecular flexibility index (Phi) is 3.83. The molecule has 0 fully saturated rings. The summed E-state index contributed by atoms with van der Waals surface area (Å²) in [5, 5.41) is 7.10. The van der Waals surface area contributed by atoms with Crippen LogP contribution in [0.2, 0.25) is 0 Å². The summed E-state index contributed by atoms with van der Waals surface area (Å²) < 4.78 is 15.4. The van der Waals surface area contributed by atoms with E-state index in [9.17, 15) is 9.18 Å². The normalized spacial score (nSPS) is 10.9. The Bertz CT molecular complexity index is 649. The highest BCUT2D eigenvalue weighted by atomic mass is 19.1. The monoisotopic (exact) mass is 276 g/mol. The molecule has 0 aliphatic rings. The average molecular weight is 276 g/mol. The summed E-state index contributed by atoms with van der Waals surface area (Å²) in [6.45, 7) is 7.70. The molecule has 106 valence electrons. The number of aromatic nitrogens is 3. The summed E-state index contributed by atoms with van der Waals surface area (Å²) >= 11 is 0. The van der Waals surface area contributed by atoms with E-state index in [4.69, 9.17) is 0 Å². The minimum atomic E-state index is -0.642. The molecule has 0 atom stereocenters. The zero-order chi connectivity index (χ0) is 14.9. The second kappa shape index (κ2) is 5.40. The third kappa shape index (κ3) is 2.54. The quantitative estimate of drug-likeness (QED) is 0.937. The maximum Gasteiger partial charge on any atom is 0.258 e. The molecule has 0 saturated carbocycles. The fourth-order valence-electron chi connectivity index (χ4n) is 2.09. The standard InChI is InChI=1S/C14H17FN4O/c1-8(2)19-10(4)13(9(3)18-19)17-14(20)11-5-6-16-7-12(11)15/h5-8H,1-4H3,(H,17,20). The average Bonchev–Trinajstić information content (AvgIpc) is 2.67. The van der Waals surface area contributed by atoms with E-state index in [1.807, 2.05) is 32.4 Å². The molecule has 0 aliphatic carbocycles. The van der Waals surface area contributed by atoms with E-state index < -0.39 is 11.7 Å². The Morgan fingerprint density at radius 3 is 2.65 bits per heavy atom. The van der Waals surface area contributed by atoms with Crippen molar-refractivity contribution in [2.24, 2.45) is 0 Å². The van der Waals surface area contributed by atoms with E-state index in [1.54, 1.807) is 0 Å². The number of rotatable bonds is 3. The van der Waals surface area contributed by atoms with Gasteiger partial charge in [-0.3, -0.25) is 14.5 Å². The van der Waals surface area contributed by atoms with Gasteiger partial charge in [-0.05, 0) is 33.8 Å². The number of hydrogen-bond acceptors (Lipinski definition) is 3. The molecule has 0 saturated heterocycles. The van der Waals surface area contributed by atoms with Crippen LogP contribution < -0.4 is 5.32 Å². The smallest absolute Gasteiger partial charge is 0.258 e. The van der Waals surface area contributed by atoms with Crippen LogP contribution in [0.4, 0.5) is 10.1 Å². The minimum Gasteiger partial charge on any atom is -0.319 e. The number of halogens is 1. The first-order chi connectivity index (χ1) is 9.41. The molecule has 1 N–H and O–H groups in total. The van der Waals surface area contributed by atoms with Gasteiger partial charge in [0.05, 0.1) is 28.8 Å². The largest absolute Gasteiger partial charge is 0.319 e. The van der Waals surface area contributed by atoms with Gasteiger partial charge in [-0.2, -0.15) is 5.10 Å². The summed E-state index contributed by atoms with van der Waals surface area (Å²) in [5.74, 6) is -1.14. The molecule has 6 heteroatoms. The first-order valence-electron chi connectivity index (χ1n) is 6.38. The summed E-state index contributed by atoms with van der Waals surface area (Å²) in [7, 11) is 0. The number of anilines is 1. The summed E-state index contributed by atoms with van der Waals surface area (Å²) in [6, 6.07) is 1.54. The molecule has 2 heterocycles. The van der Waals surface area contributed by atoms with Crippen molar-refractivity contribution in [3.63, 3.8) is 0 Å². The first kappa shape index (κ1) is 14.2. The Balaban J connectivity index is 2.31. The predicted molar refractivity (Wildman–Crippen MR) is 74.2 cm³/mol. The van der Waals surface area contributed by atoms with Crippen molar-refractivity contribution in [2.45, 2.75) is 33.7 Å². The molecule has 2 aromatic rings. The molecule has 1 amide bonds. The predicted octanol–water partition coefficient (Wildman–Crippen LogP) is 2.87. The van der Waals surface area contributed by atoms with Gasteiger partial charge in [-0.25, -0.2) is 4.39 Å². The van der Waals surface area contributed by atoms with Crippen LogP contribution in [0.1, 0.15) is 41.6 Å². The molecule has 5 nitrogen and oxygen atoms in total. The highest BCUT2D eigenvalue weighted by Gasteiger charge is 2.18. The first-order valence-corrected chi connectivity index (χ1v) is 6.38. The SMILES string of the molecule is Cc1nn(C(C)C)c(C)c1NC(=O)c1ccncc1F. The van der Waals surface area contributed by atoms with E-state index >= 15 is 0 Å². The number of pyridine rings is 1. The van der Waals surface area contributed by atoms with Crippen molar-refractivity contribution < 1.29 is 9.18 Å². The van der Waals surface area contributed by atoms with Gasteiger partial charge < -0.3 is 5.32 Å². The maximum atomic E-state index is 13.5. The fraction of sp³-hybridized carbons (Fsp3) is 0.357. The van der Waals surface area contributed by atoms with Crippen LogP contribution in [0.5, 0.6) is 0 Å². The van der Waals surface area contributed by atoms with E-state index in [0.29, 0.717) is 11.4 Å². The van der Waals surface area contributed by atoms with Gasteiger partial charge in [0.25, 0.3) is 5.91 Å². The zero-order valence-electron chi connectivity index (χ0n) is 11.9. The summed E-state index contributed by atoms with van der Waals surface area (Å²) in [6.07, 6.45) is 2.40. The van der Waals surface area contributed by atoms with Crippen molar-refractivity contribution in [3.05, 3.63) is 41.2 Å². The number of hydrogen-bond donors (Lipinski definition) is 1. The van der Waals surface area contributed by atoms with Crippen LogP contribution in [-0.2, 0) is 0 Å². The maximum absolute atomic E-state index is 13.5. The van der Waals surface area contributed by atoms with E-state index in [2.05, 4.69) is 15.4 Å². The molecule has 0 aromatic carbocycles. The summed E-state index contributed by atoms with van der Waals surface area (Å²) in [5.41, 5.74) is 2.15. The summed E-state index contributed by atoms with van der Waals surface area (Å²) in [4.78, 5) is 15.7. The fourth-order valence-corrected chi connectivity index (χ4v) is 2.09. The molecule has 0 spiro atoms. The third-order valence-corrected chi connectivity index (χ3v) is 3.07. The topological polar surface area (TPSA) is 59.8 Å². The number of amides is 1. The Labute approximate surface area is 116 Å². The van der Waals surface area contributed by atoms with Crippen LogP contribution in [-0.4, -0.2) is 20.7 Å². The van der Waals surface area contributed by atoms with Crippen molar-refractivity contribution >= 4 is 11.6 Å². The molecule has 2 rings (SSSR count). The van der Waals surface area contributed by atoms with Crippen LogP contribution in [0, 0.1) is 19.7 Å². The van der Waals surface area contributed by atoms with E-state index in [-0.39, 0.29) is 11.6 Å². The number of carbonyl (C=O) groups excluding carboxylic acids is 1. The van der Waals surface area contributed by atoms with Gasteiger partial charge in [0, 0.05) is 12.2 Å². The molecular weight excluding hydrogens is 259 g/mol. The van der Waals surface area contributed by atoms with Gasteiger partial charge in [0.1, 0.15) is 0 Å². The van der Waals surface area contributed by atoms with Crippen LogP contribution in [0.15, 0.2) is 18.5 Å². The zero-order valence-corrected chi connectivity index (χ0v) is 11.9. The number of nitrogens with zero attached hydrogens (tertiary/aromatic N) is 3. The Morgan fingerprint density at radius 2 is 2.10 bits per heavy atom. The van der Waals surface area contributed by atoms with Crippen LogP contribution in [0.3, 0.4) is 0 Å². The molecule has 20 heavy (non-hydrogen) atoms. The van der Waals surface area contributed by atoms with Gasteiger partial charge in [0.2, 0.25) is 0 Å². The lowest BCUT2D eigenvalue weighted by Crippen LogP contribution is -2.15. The van der Waals surface area contributed by atoms with Gasteiger partial charge in [-0.1, -0.05) is 0 Å². The second-order valence-corrected chi connectivity index (χ2v) is 4.89. The molecule has 0 aliphatic heterocycles. The Morgan fingerprint density at radius 1 is 1.40 bits per heavy atom. The second-order valence-electron chi connectivity index (χ2n) is 4.89. The van der Waals surface area contributed by atoms with Gasteiger partial charge in [-0.15, -0.1) is 0 Å². The van der Waals surface area contributed by atoms with Gasteiger partial charge >= 0.3 is 0 Å². The number of carbonyl (C=O) groups is 1. The minimum absolute atomic E-state index is 0.0314. The van der Waals surface area contributed by atoms with Crippen LogP contribution in [0.25, 0.3) is 0 Å². The van der Waals surface area contributed by atoms with E-state index in [1.165, 1.54) is 12.3 Å². The highest BCUT2D eigenvalue weighted by Crippen LogP contribution is 2.23.